The van der Waals surface area contributed by atoms with E-state index in [-0.39, 0.29) is 11.7 Å². The lowest BCUT2D eigenvalue weighted by Gasteiger charge is -2.21. The van der Waals surface area contributed by atoms with Gasteiger partial charge in [-0.1, -0.05) is 12.1 Å². The molecule has 1 rings (SSSR count). The number of likely N-dealkylation sites (N-methyl/N-ethyl adjacent to an activating group) is 1. The van der Waals surface area contributed by atoms with Gasteiger partial charge in [0.2, 0.25) is 5.91 Å². The minimum absolute atomic E-state index is 0.0795. The molecule has 0 aliphatic carbocycles. The molecule has 0 saturated carbocycles. The second-order valence-corrected chi connectivity index (χ2v) is 4.58. The predicted molar refractivity (Wildman–Crippen MR) is 73.9 cm³/mol. The number of amides is 1. The van der Waals surface area contributed by atoms with Crippen LogP contribution in [-0.4, -0.2) is 49.3 Å². The Morgan fingerprint density at radius 1 is 1.42 bits per heavy atom. The maximum Gasteiger partial charge on any atom is 0.239 e. The number of methoxy groups -OCH3 is 1. The van der Waals surface area contributed by atoms with E-state index in [0.29, 0.717) is 19.6 Å². The average Bonchev–Trinajstić information content (AvgIpc) is 2.40. The average molecular weight is 266 g/mol. The van der Waals surface area contributed by atoms with Gasteiger partial charge in [0, 0.05) is 27.3 Å². The maximum absolute atomic E-state index is 12.0. The van der Waals surface area contributed by atoms with E-state index in [1.165, 1.54) is 0 Å². The first kappa shape index (κ1) is 15.5. The molecule has 0 heterocycles. The third-order valence-electron chi connectivity index (χ3n) is 2.93. The summed E-state index contributed by atoms with van der Waals surface area (Å²) in [6.45, 7) is 1.26. The molecule has 1 amide bonds. The van der Waals surface area contributed by atoms with Crippen molar-refractivity contribution in [1.29, 1.82) is 0 Å². The van der Waals surface area contributed by atoms with Crippen LogP contribution in [-0.2, 0) is 16.0 Å². The number of nitrogens with zero attached hydrogens (tertiary/aromatic N) is 1. The molecule has 5 heteroatoms. The Balaban J connectivity index is 2.45. The van der Waals surface area contributed by atoms with Crippen molar-refractivity contribution in [2.75, 3.05) is 27.3 Å². The van der Waals surface area contributed by atoms with Crippen LogP contribution in [0.4, 0.5) is 0 Å². The number of hydrogen-bond donors (Lipinski definition) is 2. The Hall–Kier alpha value is -1.59. The lowest BCUT2D eigenvalue weighted by atomic mass is 10.1. The second kappa shape index (κ2) is 7.76. The van der Waals surface area contributed by atoms with Crippen LogP contribution in [0.25, 0.3) is 0 Å². The number of hydrogen-bond acceptors (Lipinski definition) is 4. The van der Waals surface area contributed by atoms with E-state index in [1.807, 2.05) is 0 Å². The van der Waals surface area contributed by atoms with Crippen LogP contribution in [0, 0.1) is 0 Å². The molecule has 0 aliphatic rings. The van der Waals surface area contributed by atoms with E-state index in [4.69, 9.17) is 10.5 Å². The monoisotopic (exact) mass is 266 g/mol. The molecule has 3 N–H and O–H groups in total. The van der Waals surface area contributed by atoms with E-state index < -0.39 is 6.04 Å². The summed E-state index contributed by atoms with van der Waals surface area (Å²) in [6, 6.07) is 6.17. The van der Waals surface area contributed by atoms with Crippen molar-refractivity contribution >= 4 is 5.91 Å². The summed E-state index contributed by atoms with van der Waals surface area (Å²) in [5, 5.41) is 9.19. The van der Waals surface area contributed by atoms with Crippen molar-refractivity contribution < 1.29 is 14.6 Å². The Bertz CT molecular complexity index is 392. The largest absolute Gasteiger partial charge is 0.508 e. The van der Waals surface area contributed by atoms with Gasteiger partial charge in [-0.15, -0.1) is 0 Å². The first-order chi connectivity index (χ1) is 9.04. The van der Waals surface area contributed by atoms with Gasteiger partial charge in [0.05, 0.1) is 6.04 Å². The zero-order valence-electron chi connectivity index (χ0n) is 11.5. The highest BCUT2D eigenvalue weighted by molar-refractivity contribution is 5.81. The summed E-state index contributed by atoms with van der Waals surface area (Å²) in [4.78, 5) is 13.6. The molecule has 0 spiro atoms. The topological polar surface area (TPSA) is 75.8 Å². The number of nitrogens with two attached hydrogens (primary N) is 1. The third kappa shape index (κ3) is 5.28. The molecular formula is C14H22N2O3. The minimum Gasteiger partial charge on any atom is -0.508 e. The molecule has 0 bridgehead atoms. The molecule has 1 atom stereocenters. The predicted octanol–water partition coefficient (Wildman–Crippen LogP) is 0.757. The van der Waals surface area contributed by atoms with Crippen LogP contribution >= 0.6 is 0 Å². The molecule has 0 radical (unpaired) electrons. The quantitative estimate of drug-likeness (QED) is 0.714. The second-order valence-electron chi connectivity index (χ2n) is 4.58. The van der Waals surface area contributed by atoms with Gasteiger partial charge in [-0.25, -0.2) is 0 Å². The molecule has 19 heavy (non-hydrogen) atoms. The zero-order chi connectivity index (χ0) is 14.3. The van der Waals surface area contributed by atoms with Crippen LogP contribution in [0.5, 0.6) is 5.75 Å². The molecule has 0 unspecified atom stereocenters. The highest BCUT2D eigenvalue weighted by Gasteiger charge is 2.18. The SMILES string of the molecule is COCCCN(C)C(=O)[C@H](N)Cc1ccc(O)cc1. The summed E-state index contributed by atoms with van der Waals surface area (Å²) in [7, 11) is 3.38. The Morgan fingerprint density at radius 2 is 2.05 bits per heavy atom. The molecule has 0 aromatic heterocycles. The molecule has 1 aromatic rings. The third-order valence-corrected chi connectivity index (χ3v) is 2.93. The fourth-order valence-corrected chi connectivity index (χ4v) is 1.81. The van der Waals surface area contributed by atoms with Gasteiger partial charge in [0.1, 0.15) is 5.75 Å². The fourth-order valence-electron chi connectivity index (χ4n) is 1.81. The number of ether oxygens (including phenoxy) is 1. The van der Waals surface area contributed by atoms with Gasteiger partial charge in [-0.05, 0) is 30.5 Å². The highest BCUT2D eigenvalue weighted by atomic mass is 16.5. The van der Waals surface area contributed by atoms with Crippen LogP contribution in [0.3, 0.4) is 0 Å². The van der Waals surface area contributed by atoms with E-state index >= 15 is 0 Å². The van der Waals surface area contributed by atoms with Gasteiger partial charge < -0.3 is 20.5 Å². The molecule has 0 aliphatic heterocycles. The number of carbonyl (C=O) groups is 1. The molecule has 5 nitrogen and oxygen atoms in total. The van der Waals surface area contributed by atoms with Gasteiger partial charge in [-0.3, -0.25) is 4.79 Å². The number of aromatic hydroxyl groups is 1. The summed E-state index contributed by atoms with van der Waals surface area (Å²) in [5.41, 5.74) is 6.84. The molecule has 1 aromatic carbocycles. The van der Waals surface area contributed by atoms with Gasteiger partial charge in [0.15, 0.2) is 0 Å². The summed E-state index contributed by atoms with van der Waals surface area (Å²) < 4.78 is 4.95. The van der Waals surface area contributed by atoms with Crippen LogP contribution in [0.15, 0.2) is 24.3 Å². The summed E-state index contributed by atoms with van der Waals surface area (Å²) in [6.07, 6.45) is 1.26. The highest BCUT2D eigenvalue weighted by Crippen LogP contribution is 2.11. The van der Waals surface area contributed by atoms with Gasteiger partial charge >= 0.3 is 0 Å². The lowest BCUT2D eigenvalue weighted by Crippen LogP contribution is -2.43. The van der Waals surface area contributed by atoms with E-state index in [1.54, 1.807) is 43.3 Å². The summed E-state index contributed by atoms with van der Waals surface area (Å²) >= 11 is 0. The van der Waals surface area contributed by atoms with Crippen molar-refractivity contribution in [3.8, 4) is 5.75 Å². The maximum atomic E-state index is 12.0. The van der Waals surface area contributed by atoms with Crippen LogP contribution in [0.2, 0.25) is 0 Å². The van der Waals surface area contributed by atoms with Gasteiger partial charge in [-0.2, -0.15) is 0 Å². The first-order valence-electron chi connectivity index (χ1n) is 6.32. The van der Waals surface area contributed by atoms with Crippen molar-refractivity contribution in [3.63, 3.8) is 0 Å². The number of phenolic OH excluding ortho intramolecular Hbond substituents is 1. The first-order valence-corrected chi connectivity index (χ1v) is 6.32. The van der Waals surface area contributed by atoms with Crippen molar-refractivity contribution in [2.45, 2.75) is 18.9 Å². The van der Waals surface area contributed by atoms with E-state index in [9.17, 15) is 9.90 Å². The minimum atomic E-state index is -0.558. The Labute approximate surface area is 114 Å². The van der Waals surface area contributed by atoms with E-state index in [0.717, 1.165) is 12.0 Å². The molecular weight excluding hydrogens is 244 g/mol. The Kier molecular flexibility index (Phi) is 6.32. The molecule has 106 valence electrons. The number of rotatable bonds is 7. The van der Waals surface area contributed by atoms with E-state index in [2.05, 4.69) is 0 Å². The van der Waals surface area contributed by atoms with Crippen LogP contribution < -0.4 is 5.73 Å². The summed E-state index contributed by atoms with van der Waals surface area (Å²) in [5.74, 6) is 0.129. The van der Waals surface area contributed by atoms with Crippen molar-refractivity contribution in [1.82, 2.24) is 4.90 Å². The standard InChI is InChI=1S/C14H22N2O3/c1-16(8-3-9-19-2)14(18)13(15)10-11-4-6-12(17)7-5-11/h4-7,13,17H,3,8-10,15H2,1-2H3/t13-/m1/s1. The number of phenols is 1. The normalized spacial score (nSPS) is 12.2. The number of benzene rings is 1. The van der Waals surface area contributed by atoms with Crippen molar-refractivity contribution in [2.24, 2.45) is 5.73 Å². The van der Waals surface area contributed by atoms with Crippen LogP contribution in [0.1, 0.15) is 12.0 Å². The Morgan fingerprint density at radius 3 is 2.63 bits per heavy atom. The van der Waals surface area contributed by atoms with Crippen molar-refractivity contribution in [3.05, 3.63) is 29.8 Å². The lowest BCUT2D eigenvalue weighted by molar-refractivity contribution is -0.131. The zero-order valence-corrected chi connectivity index (χ0v) is 11.5. The number of carbonyl (C=O) groups excluding carboxylic acids is 1. The molecule has 0 fully saturated rings. The van der Waals surface area contributed by atoms with Gasteiger partial charge in [0.25, 0.3) is 0 Å². The molecule has 0 saturated heterocycles. The smallest absolute Gasteiger partial charge is 0.239 e. The fraction of sp³-hybridized carbons (Fsp3) is 0.500.